The maximum absolute atomic E-state index is 3.50. The maximum atomic E-state index is 3.50. The number of nitrogens with zero attached hydrogens (tertiary/aromatic N) is 2. The molecule has 1 fully saturated rings. The molecule has 0 spiro atoms. The number of piperidine rings is 1. The summed E-state index contributed by atoms with van der Waals surface area (Å²) in [6.07, 6.45) is 5.13. The molecule has 3 nitrogen and oxygen atoms in total. The van der Waals surface area contributed by atoms with E-state index in [1.165, 1.54) is 62.1 Å². The predicted molar refractivity (Wildman–Crippen MR) is 89.9 cm³/mol. The molecule has 0 atom stereocenters. The van der Waals surface area contributed by atoms with Gasteiger partial charge in [0.2, 0.25) is 0 Å². The van der Waals surface area contributed by atoms with E-state index in [1.807, 2.05) is 0 Å². The van der Waals surface area contributed by atoms with Gasteiger partial charge < -0.3 is 10.2 Å². The molecule has 0 bridgehead atoms. The van der Waals surface area contributed by atoms with Gasteiger partial charge in [0.1, 0.15) is 0 Å². The molecule has 0 unspecified atom stereocenters. The molecular weight excluding hydrogens is 258 g/mol. The molecule has 0 aliphatic carbocycles. The van der Waals surface area contributed by atoms with Crippen molar-refractivity contribution in [1.82, 2.24) is 9.80 Å². The number of nitrogens with one attached hydrogen (secondary N) is 1. The van der Waals surface area contributed by atoms with Crippen molar-refractivity contribution in [2.45, 2.75) is 45.2 Å². The second-order valence-corrected chi connectivity index (χ2v) is 6.60. The van der Waals surface area contributed by atoms with Gasteiger partial charge in [-0.2, -0.15) is 0 Å². The van der Waals surface area contributed by atoms with Crippen molar-refractivity contribution in [3.05, 3.63) is 29.3 Å². The van der Waals surface area contributed by atoms with Crippen molar-refractivity contribution in [3.8, 4) is 0 Å². The molecule has 116 valence electrons. The Kier molecular flexibility index (Phi) is 4.81. The zero-order chi connectivity index (χ0) is 14.7. The minimum Gasteiger partial charge on any atom is -0.385 e. The summed E-state index contributed by atoms with van der Waals surface area (Å²) >= 11 is 0. The van der Waals surface area contributed by atoms with Crippen molar-refractivity contribution in [2.24, 2.45) is 0 Å². The first-order valence-electron chi connectivity index (χ1n) is 8.54. The van der Waals surface area contributed by atoms with E-state index in [0.717, 1.165) is 19.1 Å². The van der Waals surface area contributed by atoms with E-state index in [-0.39, 0.29) is 0 Å². The minimum atomic E-state index is 0.752. The lowest BCUT2D eigenvalue weighted by atomic mass is 9.99. The average Bonchev–Trinajstić information content (AvgIpc) is 2.55. The molecule has 1 saturated heterocycles. The Morgan fingerprint density at radius 2 is 2.10 bits per heavy atom. The molecule has 2 aliphatic heterocycles. The highest BCUT2D eigenvalue weighted by Gasteiger charge is 2.21. The number of hydrogen-bond acceptors (Lipinski definition) is 3. The Labute approximate surface area is 129 Å². The Morgan fingerprint density at radius 3 is 2.86 bits per heavy atom. The lowest BCUT2D eigenvalue weighted by molar-refractivity contribution is 0.127. The molecule has 2 heterocycles. The molecule has 0 radical (unpaired) electrons. The van der Waals surface area contributed by atoms with Crippen molar-refractivity contribution >= 4 is 5.69 Å². The van der Waals surface area contributed by atoms with E-state index < -0.39 is 0 Å². The summed E-state index contributed by atoms with van der Waals surface area (Å²) in [6, 6.07) is 7.74. The van der Waals surface area contributed by atoms with Crippen LogP contribution in [0.5, 0.6) is 0 Å². The van der Waals surface area contributed by atoms with E-state index in [4.69, 9.17) is 0 Å². The SMILES string of the molecule is CCN1CCC(N(C)Cc2ccc3c(c2)CCCN3)CC1. The Balaban J connectivity index is 1.58. The Bertz CT molecular complexity index is 464. The number of rotatable bonds is 4. The lowest BCUT2D eigenvalue weighted by Crippen LogP contribution is -2.42. The maximum Gasteiger partial charge on any atom is 0.0372 e. The van der Waals surface area contributed by atoms with Crippen LogP contribution >= 0.6 is 0 Å². The quantitative estimate of drug-likeness (QED) is 0.918. The number of fused-ring (bicyclic) bond motifs is 1. The molecular formula is C18H29N3. The van der Waals surface area contributed by atoms with Crippen LogP contribution in [0.4, 0.5) is 5.69 Å². The number of hydrogen-bond donors (Lipinski definition) is 1. The molecule has 2 aliphatic rings. The van der Waals surface area contributed by atoms with Crippen LogP contribution < -0.4 is 5.32 Å². The second-order valence-electron chi connectivity index (χ2n) is 6.60. The lowest BCUT2D eigenvalue weighted by Gasteiger charge is -2.36. The summed E-state index contributed by atoms with van der Waals surface area (Å²) in [5, 5.41) is 3.50. The number of aryl methyl sites for hydroxylation is 1. The van der Waals surface area contributed by atoms with Crippen LogP contribution in [0.25, 0.3) is 0 Å². The molecule has 21 heavy (non-hydrogen) atoms. The van der Waals surface area contributed by atoms with Crippen LogP contribution in [0.2, 0.25) is 0 Å². The van der Waals surface area contributed by atoms with Crippen molar-refractivity contribution < 1.29 is 0 Å². The smallest absolute Gasteiger partial charge is 0.0372 e. The first kappa shape index (κ1) is 14.9. The molecule has 3 heteroatoms. The fourth-order valence-corrected chi connectivity index (χ4v) is 3.72. The summed E-state index contributed by atoms with van der Waals surface area (Å²) in [7, 11) is 2.30. The normalized spacial score (nSPS) is 20.3. The molecule has 1 aromatic carbocycles. The van der Waals surface area contributed by atoms with Crippen LogP contribution in [0, 0.1) is 0 Å². The van der Waals surface area contributed by atoms with Gasteiger partial charge in [0.15, 0.2) is 0 Å². The van der Waals surface area contributed by atoms with Crippen LogP contribution in [-0.2, 0) is 13.0 Å². The van der Waals surface area contributed by atoms with Crippen LogP contribution in [0.1, 0.15) is 37.3 Å². The fourth-order valence-electron chi connectivity index (χ4n) is 3.72. The molecule has 3 rings (SSSR count). The van der Waals surface area contributed by atoms with Crippen molar-refractivity contribution in [1.29, 1.82) is 0 Å². The van der Waals surface area contributed by atoms with Gasteiger partial charge in [0.05, 0.1) is 0 Å². The van der Waals surface area contributed by atoms with E-state index in [2.05, 4.69) is 47.3 Å². The summed E-state index contributed by atoms with van der Waals surface area (Å²) in [4.78, 5) is 5.12. The second kappa shape index (κ2) is 6.80. The number of likely N-dealkylation sites (tertiary alicyclic amines) is 1. The topological polar surface area (TPSA) is 18.5 Å². The van der Waals surface area contributed by atoms with E-state index in [9.17, 15) is 0 Å². The largest absolute Gasteiger partial charge is 0.385 e. The Morgan fingerprint density at radius 1 is 1.29 bits per heavy atom. The monoisotopic (exact) mass is 287 g/mol. The van der Waals surface area contributed by atoms with Gasteiger partial charge in [0.25, 0.3) is 0 Å². The first-order chi connectivity index (χ1) is 10.3. The third-order valence-electron chi connectivity index (χ3n) is 5.17. The van der Waals surface area contributed by atoms with Gasteiger partial charge in [-0.15, -0.1) is 0 Å². The highest BCUT2D eigenvalue weighted by atomic mass is 15.2. The molecule has 1 aromatic rings. The van der Waals surface area contributed by atoms with E-state index in [1.54, 1.807) is 0 Å². The standard InChI is InChI=1S/C18H29N3/c1-3-21-11-8-17(9-12-21)20(2)14-15-6-7-18-16(13-15)5-4-10-19-18/h6-7,13,17,19H,3-5,8-12,14H2,1-2H3. The first-order valence-corrected chi connectivity index (χ1v) is 8.54. The third-order valence-corrected chi connectivity index (χ3v) is 5.17. The summed E-state index contributed by atoms with van der Waals surface area (Å²) in [5.41, 5.74) is 4.33. The number of benzene rings is 1. The van der Waals surface area contributed by atoms with Crippen LogP contribution in [0.15, 0.2) is 18.2 Å². The summed E-state index contributed by atoms with van der Waals surface area (Å²) < 4.78 is 0. The zero-order valence-corrected chi connectivity index (χ0v) is 13.6. The predicted octanol–water partition coefficient (Wildman–Crippen LogP) is 2.96. The van der Waals surface area contributed by atoms with Crippen LogP contribution in [-0.4, -0.2) is 49.1 Å². The highest BCUT2D eigenvalue weighted by molar-refractivity contribution is 5.54. The van der Waals surface area contributed by atoms with E-state index >= 15 is 0 Å². The number of anilines is 1. The average molecular weight is 287 g/mol. The van der Waals surface area contributed by atoms with Crippen LogP contribution in [0.3, 0.4) is 0 Å². The van der Waals surface area contributed by atoms with Gasteiger partial charge in [-0.25, -0.2) is 0 Å². The minimum absolute atomic E-state index is 0.752. The van der Waals surface area contributed by atoms with Gasteiger partial charge in [-0.3, -0.25) is 4.90 Å². The molecule has 0 amide bonds. The van der Waals surface area contributed by atoms with Gasteiger partial charge in [-0.05, 0) is 69.6 Å². The zero-order valence-electron chi connectivity index (χ0n) is 13.6. The Hall–Kier alpha value is -1.06. The molecule has 0 saturated carbocycles. The van der Waals surface area contributed by atoms with E-state index in [0.29, 0.717) is 0 Å². The molecule has 0 aromatic heterocycles. The third kappa shape index (κ3) is 3.58. The highest BCUT2D eigenvalue weighted by Crippen LogP contribution is 2.24. The van der Waals surface area contributed by atoms with Gasteiger partial charge >= 0.3 is 0 Å². The summed E-state index contributed by atoms with van der Waals surface area (Å²) in [6.45, 7) is 8.21. The fraction of sp³-hybridized carbons (Fsp3) is 0.667. The molecule has 1 N–H and O–H groups in total. The summed E-state index contributed by atoms with van der Waals surface area (Å²) in [5.74, 6) is 0. The van der Waals surface area contributed by atoms with Crippen molar-refractivity contribution in [2.75, 3.05) is 38.5 Å². The van der Waals surface area contributed by atoms with Crippen molar-refractivity contribution in [3.63, 3.8) is 0 Å². The van der Waals surface area contributed by atoms with Gasteiger partial charge in [0, 0.05) is 24.8 Å². The van der Waals surface area contributed by atoms with Gasteiger partial charge in [-0.1, -0.05) is 19.1 Å².